The molecule has 0 saturated heterocycles. The second-order valence-corrected chi connectivity index (χ2v) is 8.32. The number of nitrogens with zero attached hydrogens (tertiary/aromatic N) is 1. The fourth-order valence-electron chi connectivity index (χ4n) is 4.84. The Kier molecular flexibility index (Phi) is 4.81. The number of rotatable bonds is 4. The number of fused-ring (bicyclic) bond motifs is 1. The molecule has 5 rings (SSSR count). The van der Waals surface area contributed by atoms with E-state index < -0.39 is 6.04 Å². The van der Waals surface area contributed by atoms with Crippen LogP contribution in [0.15, 0.2) is 65.9 Å². The quantitative estimate of drug-likeness (QED) is 0.768. The predicted octanol–water partition coefficient (Wildman–Crippen LogP) is 4.19. The summed E-state index contributed by atoms with van der Waals surface area (Å²) >= 11 is 0. The van der Waals surface area contributed by atoms with Gasteiger partial charge in [-0.1, -0.05) is 48.9 Å². The van der Waals surface area contributed by atoms with E-state index in [-0.39, 0.29) is 29.5 Å². The number of carbonyl (C=O) groups excluding carboxylic acids is 2. The Balaban J connectivity index is 1.38. The Bertz CT molecular complexity index is 996. The number of Topliss-reactive ketones (excluding diaryl/α,β-unsaturated/α-hetero) is 1. The highest BCUT2D eigenvalue weighted by atomic mass is 16.5. The molecule has 30 heavy (non-hydrogen) atoms. The highest BCUT2D eigenvalue weighted by Crippen LogP contribution is 2.46. The van der Waals surface area contributed by atoms with Crippen molar-refractivity contribution in [3.8, 4) is 5.75 Å². The van der Waals surface area contributed by atoms with Crippen LogP contribution in [0.1, 0.15) is 42.9 Å². The van der Waals surface area contributed by atoms with Crippen molar-refractivity contribution in [2.24, 2.45) is 5.92 Å². The van der Waals surface area contributed by atoms with Gasteiger partial charge in [-0.3, -0.25) is 9.59 Å². The van der Waals surface area contributed by atoms with E-state index in [1.807, 2.05) is 54.6 Å². The van der Waals surface area contributed by atoms with Gasteiger partial charge in [-0.2, -0.15) is 0 Å². The molecule has 1 fully saturated rings. The van der Waals surface area contributed by atoms with Gasteiger partial charge < -0.3 is 14.4 Å². The molecule has 5 heteroatoms. The van der Waals surface area contributed by atoms with E-state index in [2.05, 4.69) is 0 Å². The van der Waals surface area contributed by atoms with Crippen LogP contribution in [0.2, 0.25) is 0 Å². The molecule has 1 amide bonds. The van der Waals surface area contributed by atoms with Gasteiger partial charge >= 0.3 is 0 Å². The third kappa shape index (κ3) is 3.18. The molecule has 0 spiro atoms. The van der Waals surface area contributed by atoms with Crippen molar-refractivity contribution < 1.29 is 19.1 Å². The molecule has 1 aliphatic carbocycles. The van der Waals surface area contributed by atoms with Crippen molar-refractivity contribution in [1.82, 2.24) is 4.90 Å². The van der Waals surface area contributed by atoms with E-state index in [9.17, 15) is 9.59 Å². The lowest BCUT2D eigenvalue weighted by atomic mass is 9.77. The average molecular weight is 403 g/mol. The minimum absolute atomic E-state index is 0.0908. The summed E-state index contributed by atoms with van der Waals surface area (Å²) < 4.78 is 11.9. The van der Waals surface area contributed by atoms with Crippen LogP contribution in [0.3, 0.4) is 0 Å². The van der Waals surface area contributed by atoms with E-state index in [0.717, 1.165) is 42.6 Å². The lowest BCUT2D eigenvalue weighted by Crippen LogP contribution is -2.39. The normalized spacial score (nSPS) is 25.6. The third-order valence-corrected chi connectivity index (χ3v) is 6.44. The summed E-state index contributed by atoms with van der Waals surface area (Å²) in [6.45, 7) is 0.493. The molecule has 3 atom stereocenters. The lowest BCUT2D eigenvalue weighted by Gasteiger charge is -2.35. The first-order chi connectivity index (χ1) is 14.6. The van der Waals surface area contributed by atoms with E-state index in [0.29, 0.717) is 12.2 Å². The molecule has 2 aromatic carbocycles. The molecular weight excluding hydrogens is 378 g/mol. The largest absolute Gasteiger partial charge is 0.489 e. The molecule has 0 bridgehead atoms. The molecule has 0 N–H and O–H groups in total. The zero-order valence-corrected chi connectivity index (χ0v) is 17.0. The van der Waals surface area contributed by atoms with E-state index in [1.54, 1.807) is 11.9 Å². The number of hydrogen-bond acceptors (Lipinski definition) is 4. The second kappa shape index (κ2) is 7.63. The smallest absolute Gasteiger partial charge is 0.289 e. The molecule has 3 aliphatic rings. The van der Waals surface area contributed by atoms with Crippen LogP contribution >= 0.6 is 0 Å². The van der Waals surface area contributed by atoms with Gasteiger partial charge in [0.15, 0.2) is 11.5 Å². The maximum Gasteiger partial charge on any atom is 0.289 e. The van der Waals surface area contributed by atoms with Gasteiger partial charge in [-0.25, -0.2) is 0 Å². The van der Waals surface area contributed by atoms with Gasteiger partial charge in [0.2, 0.25) is 0 Å². The molecule has 5 nitrogen and oxygen atoms in total. The van der Waals surface area contributed by atoms with Gasteiger partial charge in [0.05, 0.1) is 17.5 Å². The van der Waals surface area contributed by atoms with Gasteiger partial charge in [0.25, 0.3) is 5.91 Å². The van der Waals surface area contributed by atoms with Crippen molar-refractivity contribution in [1.29, 1.82) is 0 Å². The second-order valence-electron chi connectivity index (χ2n) is 8.32. The van der Waals surface area contributed by atoms with Gasteiger partial charge in [0.1, 0.15) is 18.5 Å². The van der Waals surface area contributed by atoms with Crippen LogP contribution in [0.25, 0.3) is 0 Å². The fourth-order valence-corrected chi connectivity index (χ4v) is 4.84. The summed E-state index contributed by atoms with van der Waals surface area (Å²) in [4.78, 5) is 27.8. The van der Waals surface area contributed by atoms with Crippen LogP contribution in [0, 0.1) is 5.92 Å². The third-order valence-electron chi connectivity index (χ3n) is 6.44. The highest BCUT2D eigenvalue weighted by Gasteiger charge is 2.50. The fraction of sp³-hybridized carbons (Fsp3) is 0.360. The Morgan fingerprint density at radius 1 is 1.00 bits per heavy atom. The number of amides is 1. The van der Waals surface area contributed by atoms with Gasteiger partial charge in [-0.15, -0.1) is 0 Å². The molecule has 2 aliphatic heterocycles. The summed E-state index contributed by atoms with van der Waals surface area (Å²) in [6.07, 6.45) is 3.64. The average Bonchev–Trinajstić information content (AvgIpc) is 3.04. The van der Waals surface area contributed by atoms with E-state index >= 15 is 0 Å². The number of carbonyl (C=O) groups is 2. The maximum absolute atomic E-state index is 13.3. The Hall–Kier alpha value is -3.08. The Morgan fingerprint density at radius 2 is 1.73 bits per heavy atom. The van der Waals surface area contributed by atoms with Crippen molar-refractivity contribution in [2.45, 2.75) is 44.4 Å². The number of likely N-dealkylation sites (N-methyl/N-ethyl adjacent to an activating group) is 1. The summed E-state index contributed by atoms with van der Waals surface area (Å²) in [6, 6.07) is 17.3. The number of ether oxygens (including phenoxy) is 2. The van der Waals surface area contributed by atoms with Crippen molar-refractivity contribution in [3.63, 3.8) is 0 Å². The van der Waals surface area contributed by atoms with Crippen molar-refractivity contribution in [2.75, 3.05) is 7.05 Å². The zero-order valence-electron chi connectivity index (χ0n) is 17.0. The SMILES string of the molecule is CN1C(=O)C2=C(C(=O)C3CCCCC3O2)C1c1ccc(OCc2ccccc2)cc1. The Labute approximate surface area is 176 Å². The van der Waals surface area contributed by atoms with E-state index in [4.69, 9.17) is 9.47 Å². The van der Waals surface area contributed by atoms with Crippen LogP contribution in [0.5, 0.6) is 5.75 Å². The van der Waals surface area contributed by atoms with Crippen LogP contribution < -0.4 is 4.74 Å². The lowest BCUT2D eigenvalue weighted by molar-refractivity contribution is -0.134. The Morgan fingerprint density at radius 3 is 2.50 bits per heavy atom. The van der Waals surface area contributed by atoms with Gasteiger partial charge in [-0.05, 0) is 42.5 Å². The number of benzene rings is 2. The van der Waals surface area contributed by atoms with Gasteiger partial charge in [0, 0.05) is 7.05 Å². The minimum Gasteiger partial charge on any atom is -0.489 e. The monoisotopic (exact) mass is 403 g/mol. The van der Waals surface area contributed by atoms with Crippen LogP contribution in [0.4, 0.5) is 0 Å². The first-order valence-electron chi connectivity index (χ1n) is 10.6. The summed E-state index contributed by atoms with van der Waals surface area (Å²) in [5.41, 5.74) is 2.53. The first-order valence-corrected chi connectivity index (χ1v) is 10.6. The van der Waals surface area contributed by atoms with Crippen molar-refractivity contribution in [3.05, 3.63) is 77.1 Å². The number of ketones is 1. The summed E-state index contributed by atoms with van der Waals surface area (Å²) in [7, 11) is 1.74. The van der Waals surface area contributed by atoms with E-state index in [1.165, 1.54) is 0 Å². The molecule has 2 aromatic rings. The summed E-state index contributed by atoms with van der Waals surface area (Å²) in [5, 5.41) is 0. The van der Waals surface area contributed by atoms with Crippen LogP contribution in [-0.4, -0.2) is 29.7 Å². The molecule has 1 saturated carbocycles. The minimum atomic E-state index is -0.397. The zero-order chi connectivity index (χ0) is 20.7. The molecule has 0 aromatic heterocycles. The highest BCUT2D eigenvalue weighted by molar-refractivity contribution is 6.11. The molecule has 2 heterocycles. The predicted molar refractivity (Wildman–Crippen MR) is 112 cm³/mol. The molecule has 3 unspecified atom stereocenters. The standard InChI is InChI=1S/C25H25NO4/c1-26-22(17-11-13-18(14-12-17)29-15-16-7-3-2-4-8-16)21-23(27)19-9-5-6-10-20(19)30-24(21)25(26)28/h2-4,7-8,11-14,19-20,22H,5-6,9-10,15H2,1H3. The molecule has 0 radical (unpaired) electrons. The summed E-state index contributed by atoms with van der Waals surface area (Å²) in [5.74, 6) is 0.792. The maximum atomic E-state index is 13.3. The van der Waals surface area contributed by atoms with Crippen molar-refractivity contribution >= 4 is 11.7 Å². The topological polar surface area (TPSA) is 55.8 Å². The number of hydrogen-bond donors (Lipinski definition) is 0. The molecular formula is C25H25NO4. The molecule has 154 valence electrons. The van der Waals surface area contributed by atoms with Crippen LogP contribution in [-0.2, 0) is 20.9 Å². The first kappa shape index (κ1) is 18.9.